The molecule has 0 radical (unpaired) electrons. The third-order valence-electron chi connectivity index (χ3n) is 3.87. The second kappa shape index (κ2) is 3.14. The first-order valence-electron chi connectivity index (χ1n) is 4.72. The van der Waals surface area contributed by atoms with Crippen molar-refractivity contribution in [3.63, 3.8) is 0 Å². The van der Waals surface area contributed by atoms with Crippen LogP contribution in [0.25, 0.3) is 0 Å². The van der Waals surface area contributed by atoms with Crippen LogP contribution >= 0.6 is 0 Å². The van der Waals surface area contributed by atoms with Crippen LogP contribution < -0.4 is 0 Å². The Labute approximate surface area is 71.7 Å². The second-order valence-electron chi connectivity index (χ2n) is 4.38. The van der Waals surface area contributed by atoms with Gasteiger partial charge in [0, 0.05) is 0 Å². The van der Waals surface area contributed by atoms with E-state index in [-0.39, 0.29) is 0 Å². The van der Waals surface area contributed by atoms with E-state index >= 15 is 0 Å². The minimum atomic E-state index is -0.911. The first kappa shape index (κ1) is 9.05. The molecular weight excluding hydrogens is 148 g/mol. The van der Waals surface area contributed by atoms with Crippen LogP contribution in [-0.4, -0.2) is 8.07 Å². The summed E-state index contributed by atoms with van der Waals surface area (Å²) in [5.41, 5.74) is 2.05. The van der Waals surface area contributed by atoms with Crippen molar-refractivity contribution >= 4 is 8.07 Å². The van der Waals surface area contributed by atoms with E-state index in [4.69, 9.17) is 0 Å². The smallest absolute Gasteiger partial charge is 0.0598 e. The lowest BCUT2D eigenvalue weighted by Gasteiger charge is -2.30. The van der Waals surface area contributed by atoms with Crippen molar-refractivity contribution in [1.29, 1.82) is 0 Å². The predicted octanol–water partition coefficient (Wildman–Crippen LogP) is 3.83. The third-order valence-corrected chi connectivity index (χ3v) is 10.1. The number of hydrogen-bond acceptors (Lipinski definition) is 0. The van der Waals surface area contributed by atoms with E-state index in [0.717, 1.165) is 11.1 Å². The maximum atomic E-state index is 3.87. The molecule has 1 heteroatoms. The van der Waals surface area contributed by atoms with Crippen molar-refractivity contribution in [2.45, 2.75) is 50.4 Å². The van der Waals surface area contributed by atoms with E-state index in [0.29, 0.717) is 0 Å². The van der Waals surface area contributed by atoms with Crippen LogP contribution in [0.2, 0.25) is 23.7 Å². The lowest BCUT2D eigenvalue weighted by Crippen LogP contribution is -2.33. The van der Waals surface area contributed by atoms with Crippen LogP contribution in [0.5, 0.6) is 0 Å². The second-order valence-corrected chi connectivity index (χ2v) is 9.77. The van der Waals surface area contributed by atoms with Gasteiger partial charge in [-0.1, -0.05) is 39.3 Å². The highest BCUT2D eigenvalue weighted by Crippen LogP contribution is 2.48. The van der Waals surface area contributed by atoms with Gasteiger partial charge in [-0.05, 0) is 17.1 Å². The van der Waals surface area contributed by atoms with Crippen molar-refractivity contribution in [1.82, 2.24) is 0 Å². The lowest BCUT2D eigenvalue weighted by atomic mass is 10.2. The van der Waals surface area contributed by atoms with E-state index < -0.39 is 8.07 Å². The Morgan fingerprint density at radius 1 is 1.36 bits per heavy atom. The summed E-state index contributed by atoms with van der Waals surface area (Å²) in [5, 5.41) is 0. The molecule has 0 N–H and O–H groups in total. The molecule has 1 rings (SSSR count). The van der Waals surface area contributed by atoms with Gasteiger partial charge in [-0.25, -0.2) is 0 Å². The van der Waals surface area contributed by atoms with Crippen molar-refractivity contribution < 1.29 is 0 Å². The van der Waals surface area contributed by atoms with Gasteiger partial charge < -0.3 is 0 Å². The van der Waals surface area contributed by atoms with Gasteiger partial charge in [-0.2, -0.15) is 0 Å². The van der Waals surface area contributed by atoms with Gasteiger partial charge in [0.2, 0.25) is 0 Å². The normalized spacial score (nSPS) is 44.3. The third kappa shape index (κ3) is 1.44. The molecule has 64 valence electrons. The van der Waals surface area contributed by atoms with Crippen molar-refractivity contribution in [3.8, 4) is 0 Å². The Hall–Kier alpha value is -0.0431. The summed E-state index contributed by atoms with van der Waals surface area (Å²) in [5.74, 6) is 0. The first-order chi connectivity index (χ1) is 5.11. The average Bonchev–Trinajstić information content (AvgIpc) is 2.19. The molecule has 0 bridgehead atoms. The number of rotatable bonds is 2. The molecule has 0 aromatic carbocycles. The molecule has 0 aromatic rings. The van der Waals surface area contributed by atoms with Crippen LogP contribution in [0.15, 0.2) is 12.7 Å². The molecule has 1 heterocycles. The summed E-state index contributed by atoms with van der Waals surface area (Å²) in [6.07, 6.45) is 5.08. The molecule has 11 heavy (non-hydrogen) atoms. The van der Waals surface area contributed by atoms with Crippen LogP contribution in [0.4, 0.5) is 0 Å². The Kier molecular flexibility index (Phi) is 2.58. The highest BCUT2D eigenvalue weighted by atomic mass is 28.3. The molecule has 0 nitrogen and oxygen atoms in total. The zero-order chi connectivity index (χ0) is 8.48. The minimum absolute atomic E-state index is 0.911. The molecular formula is C10H20Si. The van der Waals surface area contributed by atoms with Gasteiger partial charge in [-0.15, -0.1) is 6.58 Å². The Morgan fingerprint density at radius 2 is 1.82 bits per heavy atom. The molecule has 1 fully saturated rings. The SMILES string of the molecule is C=CC[Si]1(C)C(C)CCC1C. The van der Waals surface area contributed by atoms with E-state index in [1.54, 1.807) is 0 Å². The van der Waals surface area contributed by atoms with Crippen LogP contribution in [-0.2, 0) is 0 Å². The van der Waals surface area contributed by atoms with Crippen molar-refractivity contribution in [2.75, 3.05) is 0 Å². The molecule has 1 aliphatic heterocycles. The Bertz CT molecular complexity index is 141. The quantitative estimate of drug-likeness (QED) is 0.434. The van der Waals surface area contributed by atoms with Gasteiger partial charge in [0.25, 0.3) is 0 Å². The molecule has 0 amide bonds. The summed E-state index contributed by atoms with van der Waals surface area (Å²) in [7, 11) is -0.911. The van der Waals surface area contributed by atoms with Crippen LogP contribution in [0.1, 0.15) is 26.7 Å². The largest absolute Gasteiger partial charge is 0.103 e. The Morgan fingerprint density at radius 3 is 2.18 bits per heavy atom. The maximum absolute atomic E-state index is 3.87. The summed E-state index contributed by atoms with van der Waals surface area (Å²) in [4.78, 5) is 0. The lowest BCUT2D eigenvalue weighted by molar-refractivity contribution is 0.765. The van der Waals surface area contributed by atoms with Gasteiger partial charge in [-0.3, -0.25) is 0 Å². The molecule has 1 saturated heterocycles. The van der Waals surface area contributed by atoms with Gasteiger partial charge in [0.1, 0.15) is 0 Å². The molecule has 2 atom stereocenters. The van der Waals surface area contributed by atoms with E-state index in [9.17, 15) is 0 Å². The predicted molar refractivity (Wildman–Crippen MR) is 54.7 cm³/mol. The molecule has 0 spiro atoms. The number of hydrogen-bond donors (Lipinski definition) is 0. The van der Waals surface area contributed by atoms with Gasteiger partial charge in [0.15, 0.2) is 0 Å². The fraction of sp³-hybridized carbons (Fsp3) is 0.800. The summed E-state index contributed by atoms with van der Waals surface area (Å²) in [6.45, 7) is 11.3. The fourth-order valence-electron chi connectivity index (χ4n) is 2.36. The van der Waals surface area contributed by atoms with Crippen molar-refractivity contribution in [2.24, 2.45) is 0 Å². The topological polar surface area (TPSA) is 0 Å². The zero-order valence-electron chi connectivity index (χ0n) is 8.06. The van der Waals surface area contributed by atoms with E-state index in [1.165, 1.54) is 18.9 Å². The average molecular weight is 168 g/mol. The first-order valence-corrected chi connectivity index (χ1v) is 7.58. The molecule has 0 aromatic heterocycles. The standard InChI is InChI=1S/C10H20Si/c1-5-8-11(4)9(2)6-7-10(11)3/h5,9-10H,1,6-8H2,2-4H3. The van der Waals surface area contributed by atoms with E-state index in [2.05, 4.69) is 33.0 Å². The highest BCUT2D eigenvalue weighted by molar-refractivity contribution is 6.82. The molecule has 0 saturated carbocycles. The maximum Gasteiger partial charge on any atom is 0.0598 e. The van der Waals surface area contributed by atoms with Crippen molar-refractivity contribution in [3.05, 3.63) is 12.7 Å². The molecule has 2 unspecified atom stereocenters. The minimum Gasteiger partial charge on any atom is -0.103 e. The van der Waals surface area contributed by atoms with Gasteiger partial charge >= 0.3 is 0 Å². The fourth-order valence-corrected chi connectivity index (χ4v) is 6.41. The van der Waals surface area contributed by atoms with Crippen LogP contribution in [0.3, 0.4) is 0 Å². The van der Waals surface area contributed by atoms with Crippen LogP contribution in [0, 0.1) is 0 Å². The highest BCUT2D eigenvalue weighted by Gasteiger charge is 2.42. The molecule has 0 aliphatic carbocycles. The Balaban J connectivity index is 2.70. The van der Waals surface area contributed by atoms with Gasteiger partial charge in [0.05, 0.1) is 8.07 Å². The zero-order valence-corrected chi connectivity index (χ0v) is 9.06. The monoisotopic (exact) mass is 168 g/mol. The summed E-state index contributed by atoms with van der Waals surface area (Å²) in [6, 6.07) is 1.33. The summed E-state index contributed by atoms with van der Waals surface area (Å²) < 4.78 is 0. The van der Waals surface area contributed by atoms with E-state index in [1.807, 2.05) is 0 Å². The molecule has 1 aliphatic rings. The number of allylic oxidation sites excluding steroid dienone is 1. The summed E-state index contributed by atoms with van der Waals surface area (Å²) >= 11 is 0.